The van der Waals surface area contributed by atoms with Crippen LogP contribution in [0.3, 0.4) is 0 Å². The molecule has 94 valence electrons. The summed E-state index contributed by atoms with van der Waals surface area (Å²) in [7, 11) is 4.07. The fourth-order valence-corrected chi connectivity index (χ4v) is 1.66. The highest BCUT2D eigenvalue weighted by Gasteiger charge is 2.24. The Bertz CT molecular complexity index is 232. The Morgan fingerprint density at radius 2 is 2.12 bits per heavy atom. The molecule has 0 aliphatic carbocycles. The van der Waals surface area contributed by atoms with E-state index in [0.717, 1.165) is 19.4 Å². The van der Waals surface area contributed by atoms with Gasteiger partial charge in [0.2, 0.25) is 5.91 Å². The van der Waals surface area contributed by atoms with Gasteiger partial charge in [0.25, 0.3) is 0 Å². The highest BCUT2D eigenvalue weighted by molar-refractivity contribution is 5.81. The highest BCUT2D eigenvalue weighted by atomic mass is 16.2. The monoisotopic (exact) mass is 227 g/mol. The summed E-state index contributed by atoms with van der Waals surface area (Å²) in [5.74, 6) is 0.148. The van der Waals surface area contributed by atoms with E-state index in [9.17, 15) is 4.79 Å². The van der Waals surface area contributed by atoms with Crippen molar-refractivity contribution in [1.82, 2.24) is 15.5 Å². The number of hydrogen-bond acceptors (Lipinski definition) is 3. The summed E-state index contributed by atoms with van der Waals surface area (Å²) in [6.07, 6.45) is 3.31. The Morgan fingerprint density at radius 1 is 1.44 bits per heavy atom. The molecule has 1 aliphatic heterocycles. The standard InChI is InChI=1S/C12H25N3O/c1-12(2,15(3)4)9-14-11(16)10-7-5-6-8-13-10/h10,13H,5-9H2,1-4H3,(H,14,16)/t10-/m0/s1. The van der Waals surface area contributed by atoms with E-state index >= 15 is 0 Å². The quantitative estimate of drug-likeness (QED) is 0.738. The van der Waals surface area contributed by atoms with Crippen molar-refractivity contribution in [3.63, 3.8) is 0 Å². The van der Waals surface area contributed by atoms with Gasteiger partial charge in [-0.1, -0.05) is 6.42 Å². The van der Waals surface area contributed by atoms with E-state index in [2.05, 4.69) is 29.4 Å². The number of hydrogen-bond donors (Lipinski definition) is 2. The molecule has 0 aromatic carbocycles. The van der Waals surface area contributed by atoms with Crippen LogP contribution < -0.4 is 10.6 Å². The first-order chi connectivity index (χ1) is 7.43. The molecule has 4 nitrogen and oxygen atoms in total. The van der Waals surface area contributed by atoms with Gasteiger partial charge in [-0.15, -0.1) is 0 Å². The third-order valence-electron chi connectivity index (χ3n) is 3.53. The summed E-state index contributed by atoms with van der Waals surface area (Å²) in [4.78, 5) is 14.0. The minimum absolute atomic E-state index is 0.00429. The van der Waals surface area contributed by atoms with Crippen LogP contribution in [-0.2, 0) is 4.79 Å². The molecule has 0 aromatic heterocycles. The predicted molar refractivity (Wildman–Crippen MR) is 66.4 cm³/mol. The zero-order chi connectivity index (χ0) is 12.2. The highest BCUT2D eigenvalue weighted by Crippen LogP contribution is 2.10. The molecule has 1 rings (SSSR count). The number of carbonyl (C=O) groups excluding carboxylic acids is 1. The van der Waals surface area contributed by atoms with Gasteiger partial charge in [-0.3, -0.25) is 4.79 Å². The lowest BCUT2D eigenvalue weighted by Gasteiger charge is -2.33. The minimum Gasteiger partial charge on any atom is -0.353 e. The third-order valence-corrected chi connectivity index (χ3v) is 3.53. The van der Waals surface area contributed by atoms with E-state index < -0.39 is 0 Å². The van der Waals surface area contributed by atoms with Crippen molar-refractivity contribution in [1.29, 1.82) is 0 Å². The van der Waals surface area contributed by atoms with E-state index in [1.165, 1.54) is 6.42 Å². The van der Waals surface area contributed by atoms with Crippen LogP contribution in [0.15, 0.2) is 0 Å². The molecule has 0 saturated carbocycles. The molecule has 1 amide bonds. The molecule has 0 bridgehead atoms. The number of amides is 1. The molecule has 1 heterocycles. The van der Waals surface area contributed by atoms with Crippen LogP contribution in [0.1, 0.15) is 33.1 Å². The number of nitrogens with zero attached hydrogens (tertiary/aromatic N) is 1. The van der Waals surface area contributed by atoms with Crippen LogP contribution in [0.4, 0.5) is 0 Å². The predicted octanol–water partition coefficient (Wildman–Crippen LogP) is 0.585. The molecule has 1 saturated heterocycles. The molecule has 1 atom stereocenters. The lowest BCUT2D eigenvalue weighted by molar-refractivity contribution is -0.124. The van der Waals surface area contributed by atoms with E-state index in [1.807, 2.05) is 14.1 Å². The topological polar surface area (TPSA) is 44.4 Å². The summed E-state index contributed by atoms with van der Waals surface area (Å²) in [5, 5.41) is 6.29. The smallest absolute Gasteiger partial charge is 0.237 e. The van der Waals surface area contributed by atoms with Gasteiger partial charge in [0, 0.05) is 12.1 Å². The van der Waals surface area contributed by atoms with Gasteiger partial charge in [-0.2, -0.15) is 0 Å². The van der Waals surface area contributed by atoms with Crippen LogP contribution in [0, 0.1) is 0 Å². The summed E-state index contributed by atoms with van der Waals surface area (Å²) in [6.45, 7) is 5.91. The van der Waals surface area contributed by atoms with Gasteiger partial charge in [0.05, 0.1) is 6.04 Å². The largest absolute Gasteiger partial charge is 0.353 e. The lowest BCUT2D eigenvalue weighted by atomic mass is 10.0. The van der Waals surface area contributed by atoms with Crippen LogP contribution >= 0.6 is 0 Å². The molecule has 4 heteroatoms. The molecule has 0 spiro atoms. The molecule has 0 radical (unpaired) electrons. The fourth-order valence-electron chi connectivity index (χ4n) is 1.66. The fraction of sp³-hybridized carbons (Fsp3) is 0.917. The van der Waals surface area contributed by atoms with E-state index in [0.29, 0.717) is 6.54 Å². The van der Waals surface area contributed by atoms with Gasteiger partial charge in [0.1, 0.15) is 0 Å². The van der Waals surface area contributed by atoms with E-state index in [4.69, 9.17) is 0 Å². The van der Waals surface area contributed by atoms with E-state index in [1.54, 1.807) is 0 Å². The maximum absolute atomic E-state index is 11.9. The molecule has 1 aliphatic rings. The van der Waals surface area contributed by atoms with Gasteiger partial charge < -0.3 is 15.5 Å². The molecule has 0 unspecified atom stereocenters. The zero-order valence-corrected chi connectivity index (χ0v) is 11.0. The molecular formula is C12H25N3O. The van der Waals surface area contributed by atoms with Gasteiger partial charge in [0.15, 0.2) is 0 Å². The number of piperidine rings is 1. The van der Waals surface area contributed by atoms with Crippen molar-refractivity contribution in [2.24, 2.45) is 0 Å². The summed E-state index contributed by atoms with van der Waals surface area (Å²) in [5.41, 5.74) is 0.00429. The molecule has 1 fully saturated rings. The number of nitrogens with one attached hydrogen (secondary N) is 2. The number of carbonyl (C=O) groups is 1. The Morgan fingerprint density at radius 3 is 2.62 bits per heavy atom. The second kappa shape index (κ2) is 5.64. The summed E-state index contributed by atoms with van der Waals surface area (Å²) < 4.78 is 0. The number of likely N-dealkylation sites (N-methyl/N-ethyl adjacent to an activating group) is 1. The van der Waals surface area contributed by atoms with Crippen LogP contribution in [-0.4, -0.2) is 49.6 Å². The van der Waals surface area contributed by atoms with Crippen LogP contribution in [0.5, 0.6) is 0 Å². The van der Waals surface area contributed by atoms with Crippen LogP contribution in [0.25, 0.3) is 0 Å². The maximum atomic E-state index is 11.9. The van der Waals surface area contributed by atoms with Crippen molar-refractivity contribution in [2.45, 2.75) is 44.7 Å². The first-order valence-corrected chi connectivity index (χ1v) is 6.12. The van der Waals surface area contributed by atoms with Crippen molar-refractivity contribution in [3.8, 4) is 0 Å². The summed E-state index contributed by atoms with van der Waals surface area (Å²) >= 11 is 0. The second-order valence-electron chi connectivity index (χ2n) is 5.43. The minimum atomic E-state index is 0.00429. The summed E-state index contributed by atoms with van der Waals surface area (Å²) in [6, 6.07) is 0.0201. The molecule has 16 heavy (non-hydrogen) atoms. The molecule has 0 aromatic rings. The third kappa shape index (κ3) is 3.76. The SMILES string of the molecule is CN(C)C(C)(C)CNC(=O)[C@@H]1CCCCN1. The Balaban J connectivity index is 2.34. The van der Waals surface area contributed by atoms with Gasteiger partial charge in [-0.25, -0.2) is 0 Å². The lowest BCUT2D eigenvalue weighted by Crippen LogP contribution is -2.53. The average molecular weight is 227 g/mol. The molecular weight excluding hydrogens is 202 g/mol. The number of rotatable bonds is 4. The van der Waals surface area contributed by atoms with Gasteiger partial charge in [-0.05, 0) is 47.3 Å². The van der Waals surface area contributed by atoms with Crippen molar-refractivity contribution < 1.29 is 4.79 Å². The molecule has 2 N–H and O–H groups in total. The Kier molecular flexibility index (Phi) is 4.74. The van der Waals surface area contributed by atoms with E-state index in [-0.39, 0.29) is 17.5 Å². The first kappa shape index (κ1) is 13.5. The van der Waals surface area contributed by atoms with Crippen molar-refractivity contribution >= 4 is 5.91 Å². The van der Waals surface area contributed by atoms with Gasteiger partial charge >= 0.3 is 0 Å². The normalized spacial score (nSPS) is 22.2. The van der Waals surface area contributed by atoms with Crippen molar-refractivity contribution in [3.05, 3.63) is 0 Å². The maximum Gasteiger partial charge on any atom is 0.237 e. The average Bonchev–Trinajstić information content (AvgIpc) is 2.27. The Labute approximate surface area is 98.8 Å². The zero-order valence-electron chi connectivity index (χ0n) is 11.0. The first-order valence-electron chi connectivity index (χ1n) is 6.12. The second-order valence-corrected chi connectivity index (χ2v) is 5.43. The van der Waals surface area contributed by atoms with Crippen LogP contribution in [0.2, 0.25) is 0 Å². The Hall–Kier alpha value is -0.610. The van der Waals surface area contributed by atoms with Crippen molar-refractivity contribution in [2.75, 3.05) is 27.2 Å².